The molecule has 30 aromatic rings. The number of nitrogens with zero attached hydrogens (tertiary/aromatic N) is 8. The van der Waals surface area contributed by atoms with Crippen LogP contribution in [-0.4, -0.2) is 38.2 Å². The first-order valence-corrected chi connectivity index (χ1v) is 48.1. The second-order valence-corrected chi connectivity index (χ2v) is 36.3. The van der Waals surface area contributed by atoms with Gasteiger partial charge in [0.2, 0.25) is 0 Å². The summed E-state index contributed by atoms with van der Waals surface area (Å²) >= 11 is 0. The van der Waals surface area contributed by atoms with Gasteiger partial charge in [-0.25, -0.2) is 0 Å². The Labute approximate surface area is 898 Å². The number of para-hydroxylation sites is 5. The molecule has 0 spiro atoms. The number of fused-ring (bicyclic) bond motifs is 24. The van der Waals surface area contributed by atoms with E-state index in [1.54, 1.807) is 0 Å². The van der Waals surface area contributed by atoms with Gasteiger partial charge in [-0.3, -0.25) is 0 Å². The first-order chi connectivity index (χ1) is 70.7. The molecule has 710 valence electrons. The van der Waals surface area contributed by atoms with Gasteiger partial charge in [0.1, 0.15) is 44.7 Å². The fourth-order valence-electron chi connectivity index (χ4n) is 21.2. The molecule has 0 fully saturated rings. The zero-order valence-electron chi connectivity index (χ0n) is 79.0. The van der Waals surface area contributed by atoms with E-state index < -0.39 is 0 Å². The Morgan fingerprint density at radius 1 is 0.204 bits per heavy atom. The van der Waals surface area contributed by atoms with E-state index in [2.05, 4.69) is 374 Å². The second kappa shape index (κ2) is 39.6. The molecule has 30 rings (SSSR count). The number of pyridine rings is 4. The molecule has 147 heavy (non-hydrogen) atoms. The minimum absolute atomic E-state index is 0. The van der Waals surface area contributed by atoms with E-state index in [1.807, 2.05) is 152 Å². The third-order valence-corrected chi connectivity index (χ3v) is 27.9. The molecule has 0 aliphatic heterocycles. The maximum absolute atomic E-state index is 6.40. The van der Waals surface area contributed by atoms with Crippen LogP contribution in [0.15, 0.2) is 467 Å². The van der Waals surface area contributed by atoms with Crippen molar-refractivity contribution >= 4 is 175 Å². The van der Waals surface area contributed by atoms with E-state index in [0.29, 0.717) is 0 Å². The average Bonchev–Trinajstić information content (AvgIpc) is 1.65. The zero-order valence-corrected chi connectivity index (χ0v) is 88.6. The fraction of sp³-hybridized carbons (Fsp3) is 0.0229. The topological polar surface area (TPSA) is 124 Å². The van der Waals surface area contributed by atoms with Crippen molar-refractivity contribution < 1.29 is 98.1 Å². The van der Waals surface area contributed by atoms with Crippen molar-refractivity contribution in [3.05, 3.63) is 479 Å². The third-order valence-electron chi connectivity index (χ3n) is 27.9. The summed E-state index contributed by atoms with van der Waals surface area (Å²) in [6, 6.07) is 161. The van der Waals surface area contributed by atoms with Crippen molar-refractivity contribution in [2.45, 2.75) is 20.4 Å². The van der Waals surface area contributed by atoms with E-state index in [-0.39, 0.29) is 80.4 Å². The van der Waals surface area contributed by atoms with Crippen molar-refractivity contribution in [3.63, 3.8) is 0 Å². The van der Waals surface area contributed by atoms with Gasteiger partial charge in [-0.15, -0.1) is 130 Å². The quantitative estimate of drug-likeness (QED) is 0.117. The van der Waals surface area contributed by atoms with Crippen LogP contribution in [0.4, 0.5) is 0 Å². The number of hydrogen-bond acceptors (Lipinski definition) is 8. The van der Waals surface area contributed by atoms with E-state index in [0.717, 1.165) is 195 Å². The Hall–Kier alpha value is -16.4. The van der Waals surface area contributed by atoms with Crippen molar-refractivity contribution in [2.24, 2.45) is 0 Å². The molecule has 0 aliphatic carbocycles. The molecule has 0 unspecified atom stereocenters. The molecule has 0 bridgehead atoms. The number of rotatable bonds is 11. The van der Waals surface area contributed by atoms with Gasteiger partial charge in [-0.05, 0) is 203 Å². The normalized spacial score (nSPS) is 11.4. The molecule has 0 saturated carbocycles. The van der Waals surface area contributed by atoms with Gasteiger partial charge in [-0.2, -0.15) is 0 Å². The summed E-state index contributed by atoms with van der Waals surface area (Å²) in [7, 11) is 0. The summed E-state index contributed by atoms with van der Waals surface area (Å²) in [6.45, 7) is 5.19. The molecule has 4 radical (unpaired) electrons. The smallest absolute Gasteiger partial charge is 0.137 e. The van der Waals surface area contributed by atoms with Crippen LogP contribution in [0.3, 0.4) is 0 Å². The number of benzene rings is 18. The Balaban J connectivity index is 0.000000107. The maximum Gasteiger partial charge on any atom is 0.137 e. The van der Waals surface area contributed by atoms with Gasteiger partial charge in [0.15, 0.2) is 0 Å². The molecule has 0 atom stereocenters. The van der Waals surface area contributed by atoms with Crippen molar-refractivity contribution in [1.82, 2.24) is 38.2 Å². The minimum Gasteiger partial charge on any atom is -0.456 e. The van der Waals surface area contributed by atoms with Gasteiger partial charge >= 0.3 is 0 Å². The van der Waals surface area contributed by atoms with Gasteiger partial charge in [0.05, 0.1) is 38.6 Å². The number of furan rings is 4. The summed E-state index contributed by atoms with van der Waals surface area (Å²) < 4.78 is 34.5. The Bertz CT molecular complexity index is 10300. The molecule has 16 heteroatoms. The summed E-state index contributed by atoms with van der Waals surface area (Å²) in [5.74, 6) is 0. The van der Waals surface area contributed by atoms with Gasteiger partial charge in [0.25, 0.3) is 0 Å². The monoisotopic (exact) mass is 2600 g/mol. The van der Waals surface area contributed by atoms with Crippen LogP contribution in [0.2, 0.25) is 0 Å². The molecule has 0 N–H and O–H groups in total. The van der Waals surface area contributed by atoms with Crippen LogP contribution < -0.4 is 0 Å². The predicted octanol–water partition coefficient (Wildman–Crippen LogP) is 34.5. The van der Waals surface area contributed by atoms with E-state index in [4.69, 9.17) is 17.7 Å². The van der Waals surface area contributed by atoms with Gasteiger partial charge < -0.3 is 55.9 Å². The number of aryl methyl sites for hydroxylation is 2. The molecule has 18 aromatic carbocycles. The molecule has 0 amide bonds. The summed E-state index contributed by atoms with van der Waals surface area (Å²) in [5.41, 5.74) is 35.7. The van der Waals surface area contributed by atoms with Gasteiger partial charge in [-0.1, -0.05) is 200 Å². The van der Waals surface area contributed by atoms with Crippen molar-refractivity contribution in [1.29, 1.82) is 0 Å². The molecular weight excluding hydrogens is 2520 g/mol. The largest absolute Gasteiger partial charge is 0.456 e. The van der Waals surface area contributed by atoms with E-state index in [9.17, 15) is 0 Å². The molecule has 12 aromatic heterocycles. The standard InChI is InChI=1S/2C35H21N2O.C31H21N2O.C30H19N2O.4Ir/c1-2-11-26(12-3-1)37-32-17-16-24(23-9-8-10-25(19-23)31-14-6-7-18-36-31)20-28(32)29-21-30-27-13-4-5-15-34(27)38-35(30)22-33(29)37;1-2-9-23(10-3-1)24-16-17-34-29(20-24)30-21-28-27-13-4-5-15-32(27)37(33(28)22-35(30)38-34)26-12-8-11-25(19-26)31-14-6-7-18-36-31;1-2-33-28-14-13-21(20-8-7-9-22(16-20)27-11-5-6-15-32-27)17-24(28)25-18-26-23-10-3-4-12-30(23)34-31(26)19-29(25)33;1-19-12-13-23-25-17-24-22-9-2-3-11-27(22)32(28(24)18-30(25)33-29(23)15-19)21-8-6-7-20(16-21)26-10-4-5-14-31-26;;;;/h1-9,11-22H;1-10,12-22H;3-8,10-19H,2H2,1H3;2-6,8-18H,1H3;;;;/q4*-1;;;;. The minimum atomic E-state index is 0. The number of aromatic nitrogens is 8. The SMILES string of the molecule is CCn1c2ccc(-c3cc[c-]c(-c4ccccn4)c3)cc2c2cc3c(cc21)oc1ccccc13.Cc1ccc2c(c1)oc1cc3c(cc12)c1ccccc1n3-c1cc[c-]c(-c2ccccn2)c1.[Ir].[Ir].[Ir].[Ir].[c-]1ccc(-c2ccc3c(c2)c2cc4c(cc2n3-c2ccccc2)oc2ccccc24)cc1-c1ccccn1.[c-]1ccc(-n2c3ccccc3c3cc4c(cc32)oc2ccc(-c3ccccc3)cc24)cc1-c1ccccn1. The summed E-state index contributed by atoms with van der Waals surface area (Å²) in [6.07, 6.45) is 7.27. The summed E-state index contributed by atoms with van der Waals surface area (Å²) in [4.78, 5) is 18.1. The van der Waals surface area contributed by atoms with Crippen LogP contribution in [0.25, 0.3) is 270 Å². The first-order valence-electron chi connectivity index (χ1n) is 48.1. The van der Waals surface area contributed by atoms with Crippen molar-refractivity contribution in [2.75, 3.05) is 0 Å². The average molecular weight is 2600 g/mol. The second-order valence-electron chi connectivity index (χ2n) is 36.3. The van der Waals surface area contributed by atoms with Gasteiger partial charge in [0, 0.05) is 233 Å². The Kier molecular flexibility index (Phi) is 25.4. The fourth-order valence-corrected chi connectivity index (χ4v) is 21.2. The molecule has 12 nitrogen and oxygen atoms in total. The van der Waals surface area contributed by atoms with Crippen LogP contribution in [0.5, 0.6) is 0 Å². The first kappa shape index (κ1) is 94.2. The molecule has 0 aliphatic rings. The summed E-state index contributed by atoms with van der Waals surface area (Å²) in [5, 5.41) is 18.9. The maximum atomic E-state index is 6.40. The third kappa shape index (κ3) is 16.9. The van der Waals surface area contributed by atoms with Crippen LogP contribution >= 0.6 is 0 Å². The van der Waals surface area contributed by atoms with Crippen LogP contribution in [0, 0.1) is 31.2 Å². The molecule has 12 heterocycles. The van der Waals surface area contributed by atoms with Crippen molar-refractivity contribution in [3.8, 4) is 95.5 Å². The van der Waals surface area contributed by atoms with Crippen LogP contribution in [0.1, 0.15) is 12.5 Å². The number of hydrogen-bond donors (Lipinski definition) is 0. The van der Waals surface area contributed by atoms with E-state index >= 15 is 0 Å². The Morgan fingerprint density at radius 3 is 1.00 bits per heavy atom. The molecule has 0 saturated heterocycles. The predicted molar refractivity (Wildman–Crippen MR) is 586 cm³/mol. The van der Waals surface area contributed by atoms with Crippen LogP contribution in [-0.2, 0) is 87.0 Å². The Morgan fingerprint density at radius 2 is 0.524 bits per heavy atom. The zero-order chi connectivity index (χ0) is 94.7. The molecular formula is C131H82Ir4N8O4-4. The van der Waals surface area contributed by atoms with E-state index in [1.165, 1.54) is 87.4 Å².